The topological polar surface area (TPSA) is 19.7 Å². The maximum atomic E-state index is 7.28. The second-order valence-electron chi connectivity index (χ2n) is 5.65. The van der Waals surface area contributed by atoms with E-state index >= 15 is 0 Å². The first-order chi connectivity index (χ1) is 15.3. The Morgan fingerprint density at radius 2 is 1.26 bits per heavy atom. The van der Waals surface area contributed by atoms with E-state index in [0.717, 1.165) is 0 Å². The Morgan fingerprint density at radius 1 is 0.667 bits per heavy atom. The predicted octanol–water partition coefficient (Wildman–Crippen LogP) is 5.35. The zero-order valence-corrected chi connectivity index (χ0v) is 16.3. The third kappa shape index (κ3) is 10.6. The molecule has 4 nitrogen and oxygen atoms in total. The van der Waals surface area contributed by atoms with Gasteiger partial charge in [0.25, 0.3) is 0 Å². The number of nitrogens with zero attached hydrogens (tertiary/aromatic N) is 4. The Labute approximate surface area is 175 Å². The van der Waals surface area contributed by atoms with E-state index in [1.54, 1.807) is 14.0 Å². The Hall–Kier alpha value is -2.88. The zero-order chi connectivity index (χ0) is 25.5. The summed E-state index contributed by atoms with van der Waals surface area (Å²) in [7, 11) is 7.23. The van der Waals surface area contributed by atoms with Gasteiger partial charge in [-0.05, 0) is 62.3 Å². The lowest BCUT2D eigenvalue weighted by molar-refractivity contribution is 0.882. The fourth-order valence-corrected chi connectivity index (χ4v) is 1.59. The van der Waals surface area contributed by atoms with Gasteiger partial charge in [0.1, 0.15) is 0 Å². The van der Waals surface area contributed by atoms with Crippen molar-refractivity contribution in [1.29, 1.82) is 0 Å². The highest BCUT2D eigenvalue weighted by molar-refractivity contribution is 5.03. The first-order valence-corrected chi connectivity index (χ1v) is 8.14. The quantitative estimate of drug-likeness (QED) is 0.395. The van der Waals surface area contributed by atoms with Crippen LogP contribution in [-0.2, 0) is 28.2 Å². The van der Waals surface area contributed by atoms with Gasteiger partial charge in [-0.1, -0.05) is 7.43 Å². The predicted molar refractivity (Wildman–Crippen MR) is 118 cm³/mol. The van der Waals surface area contributed by atoms with Crippen molar-refractivity contribution >= 4 is 0 Å². The van der Waals surface area contributed by atoms with Crippen LogP contribution in [-0.4, -0.2) is 18.3 Å². The molecule has 148 valence electrons. The van der Waals surface area contributed by atoms with Crippen LogP contribution < -0.4 is 0 Å². The van der Waals surface area contributed by atoms with Crippen LogP contribution in [0, 0.1) is 13.8 Å². The molecule has 0 spiro atoms. The summed E-state index contributed by atoms with van der Waals surface area (Å²) < 4.78 is 57.0. The average Bonchev–Trinajstić information content (AvgIpc) is 3.51. The normalized spacial score (nSPS) is 12.4. The highest BCUT2D eigenvalue weighted by Gasteiger charge is 1.82. The van der Waals surface area contributed by atoms with E-state index in [-0.39, 0.29) is 50.1 Å². The van der Waals surface area contributed by atoms with Crippen molar-refractivity contribution in [2.75, 3.05) is 0 Å². The molecule has 0 fully saturated rings. The Balaban J connectivity index is 0.000000431. The van der Waals surface area contributed by atoms with Crippen LogP contribution in [0.3, 0.4) is 0 Å². The molecule has 0 aliphatic heterocycles. The number of rotatable bonds is 0. The third-order valence-electron chi connectivity index (χ3n) is 3.44. The first-order valence-electron chi connectivity index (χ1n) is 11.6. The molecule has 0 saturated heterocycles. The van der Waals surface area contributed by atoms with Crippen molar-refractivity contribution in [2.45, 2.75) is 21.3 Å². The lowest BCUT2D eigenvalue weighted by Gasteiger charge is -1.89. The van der Waals surface area contributed by atoms with Gasteiger partial charge in [0, 0.05) is 76.7 Å². The molecule has 0 saturated carbocycles. The van der Waals surface area contributed by atoms with Crippen LogP contribution in [0.5, 0.6) is 0 Å². The lowest BCUT2D eigenvalue weighted by Crippen LogP contribution is -1.84. The Bertz CT molecular complexity index is 922. The van der Waals surface area contributed by atoms with Crippen LogP contribution in [0.15, 0.2) is 85.5 Å². The molecule has 0 radical (unpaired) electrons. The summed E-state index contributed by atoms with van der Waals surface area (Å²) >= 11 is 0. The van der Waals surface area contributed by atoms with Crippen molar-refractivity contribution in [1.82, 2.24) is 18.3 Å². The Kier molecular flexibility index (Phi) is 7.02. The van der Waals surface area contributed by atoms with Crippen LogP contribution in [0.2, 0.25) is 0 Å². The highest BCUT2D eigenvalue weighted by atomic mass is 14.9. The summed E-state index contributed by atoms with van der Waals surface area (Å²) in [5, 5.41) is 0. The van der Waals surface area contributed by atoms with Gasteiger partial charge in [-0.3, -0.25) is 0 Å². The zero-order valence-electron chi connectivity index (χ0n) is 23.3. The summed E-state index contributed by atoms with van der Waals surface area (Å²) in [4.78, 5) is 0. The fourth-order valence-electron chi connectivity index (χ4n) is 1.59. The molecule has 0 amide bonds. The van der Waals surface area contributed by atoms with Crippen molar-refractivity contribution < 1.29 is 9.60 Å². The summed E-state index contributed by atoms with van der Waals surface area (Å²) in [5.41, 5.74) is 1.98. The van der Waals surface area contributed by atoms with E-state index in [0.29, 0.717) is 5.69 Å². The molecule has 4 heterocycles. The molecule has 0 unspecified atom stereocenters. The van der Waals surface area contributed by atoms with Crippen molar-refractivity contribution in [3.8, 4) is 0 Å². The number of hydrogen-bond donors (Lipinski definition) is 0. The number of aryl methyl sites for hydroxylation is 3. The molecular formula is C23H36N4. The minimum Gasteiger partial charge on any atom is -0.357 e. The van der Waals surface area contributed by atoms with Gasteiger partial charge in [0.15, 0.2) is 0 Å². The first kappa shape index (κ1) is 14.2. The van der Waals surface area contributed by atoms with Crippen LogP contribution in [0.25, 0.3) is 0 Å². The molecule has 0 atom stereocenters. The molecule has 4 rings (SSSR count). The molecule has 0 aliphatic carbocycles. The fraction of sp³-hybridized carbons (Fsp3) is 0.304. The molecule has 0 aromatic carbocycles. The third-order valence-corrected chi connectivity index (χ3v) is 3.44. The van der Waals surface area contributed by atoms with Crippen molar-refractivity contribution in [3.63, 3.8) is 0 Å². The number of hydrogen-bond acceptors (Lipinski definition) is 0. The van der Waals surface area contributed by atoms with Gasteiger partial charge >= 0.3 is 0 Å². The maximum Gasteiger partial charge on any atom is 0.0818 e. The van der Waals surface area contributed by atoms with Gasteiger partial charge in [0.05, 0.1) is 9.60 Å². The van der Waals surface area contributed by atoms with E-state index in [9.17, 15) is 0 Å². The van der Waals surface area contributed by atoms with E-state index < -0.39 is 0 Å². The van der Waals surface area contributed by atoms with E-state index in [1.807, 2.05) is 55.5 Å². The smallest absolute Gasteiger partial charge is 0.0818 e. The second kappa shape index (κ2) is 13.3. The molecule has 0 aliphatic rings. The summed E-state index contributed by atoms with van der Waals surface area (Å²) in [6.45, 7) is 3.82. The SMILES string of the molecule is C.Cc1cccn1C.Cn1cccc1.[2H]c1c([2H])c(C)n(C)c1[2H].[2H]c1c([2H])c([2H])n(C)c1[2H]. The van der Waals surface area contributed by atoms with Gasteiger partial charge in [-0.2, -0.15) is 0 Å². The Morgan fingerprint density at radius 3 is 1.41 bits per heavy atom. The number of aromatic nitrogens is 4. The van der Waals surface area contributed by atoms with Crippen LogP contribution >= 0.6 is 0 Å². The van der Waals surface area contributed by atoms with Gasteiger partial charge < -0.3 is 18.3 Å². The molecule has 4 aromatic heterocycles. The van der Waals surface area contributed by atoms with Gasteiger partial charge in [-0.25, -0.2) is 0 Å². The average molecular weight is 376 g/mol. The molecule has 0 bridgehead atoms. The van der Waals surface area contributed by atoms with Crippen molar-refractivity contribution in [2.24, 2.45) is 28.2 Å². The summed E-state index contributed by atoms with van der Waals surface area (Å²) in [6, 6.07) is 7.95. The van der Waals surface area contributed by atoms with Gasteiger partial charge in [-0.15, -0.1) is 0 Å². The van der Waals surface area contributed by atoms with E-state index in [1.165, 1.54) is 21.9 Å². The minimum atomic E-state index is -0.174. The van der Waals surface area contributed by atoms with E-state index in [2.05, 4.69) is 17.6 Å². The molecule has 0 N–H and O–H groups in total. The molecule has 27 heavy (non-hydrogen) atoms. The highest BCUT2D eigenvalue weighted by Crippen LogP contribution is 1.94. The summed E-state index contributed by atoms with van der Waals surface area (Å²) in [6.07, 6.45) is 6.00. The van der Waals surface area contributed by atoms with Crippen LogP contribution in [0.1, 0.15) is 28.4 Å². The summed E-state index contributed by atoms with van der Waals surface area (Å²) in [5.74, 6) is 0. The molecular weight excluding hydrogens is 332 g/mol. The second-order valence-corrected chi connectivity index (χ2v) is 5.65. The maximum absolute atomic E-state index is 7.28. The van der Waals surface area contributed by atoms with Crippen molar-refractivity contribution in [3.05, 3.63) is 96.9 Å². The standard InChI is InChI=1S/2C6H9N.2C5H7N.CH4/c2*1-6-4-3-5-7(6)2;2*1-6-4-2-3-5-6;/h2*3-5H,1-2H3;2*2-5H,1H3;1H4/i3D,4D,5D;;2D,3D,4D,5D;;. The van der Waals surface area contributed by atoms with E-state index in [4.69, 9.17) is 9.60 Å². The van der Waals surface area contributed by atoms with Crippen LogP contribution in [0.4, 0.5) is 0 Å². The molecule has 4 aromatic rings. The lowest BCUT2D eigenvalue weighted by atomic mass is 10.5. The monoisotopic (exact) mass is 375 g/mol. The molecule has 4 heteroatoms. The largest absolute Gasteiger partial charge is 0.357 e. The minimum absolute atomic E-state index is 0. The van der Waals surface area contributed by atoms with Gasteiger partial charge in [0.2, 0.25) is 0 Å².